The fourth-order valence-corrected chi connectivity index (χ4v) is 5.06. The zero-order chi connectivity index (χ0) is 22.7. The third-order valence-corrected chi connectivity index (χ3v) is 6.57. The molecule has 0 unspecified atom stereocenters. The van der Waals surface area contributed by atoms with Crippen molar-refractivity contribution in [3.8, 4) is 10.4 Å². The highest BCUT2D eigenvalue weighted by molar-refractivity contribution is 7.18. The van der Waals surface area contributed by atoms with Crippen molar-refractivity contribution < 1.29 is 9.59 Å². The number of aromatic amines is 1. The summed E-state index contributed by atoms with van der Waals surface area (Å²) in [6.45, 7) is 3.70. The number of fused-ring (bicyclic) bond motifs is 1. The van der Waals surface area contributed by atoms with Crippen LogP contribution in [0.5, 0.6) is 0 Å². The Balaban J connectivity index is 1.53. The van der Waals surface area contributed by atoms with Gasteiger partial charge in [-0.05, 0) is 23.8 Å². The van der Waals surface area contributed by atoms with Gasteiger partial charge in [0.1, 0.15) is 23.2 Å². The highest BCUT2D eigenvalue weighted by Gasteiger charge is 2.23. The normalized spacial score (nSPS) is 12.2. The van der Waals surface area contributed by atoms with E-state index in [2.05, 4.69) is 25.8 Å². The highest BCUT2D eigenvalue weighted by atomic mass is 32.1. The molecule has 0 saturated heterocycles. The molecule has 0 radical (unpaired) electrons. The van der Waals surface area contributed by atoms with Gasteiger partial charge in [-0.1, -0.05) is 19.9 Å². The van der Waals surface area contributed by atoms with Crippen molar-refractivity contribution in [2.24, 2.45) is 5.92 Å². The SMILES string of the molecule is CC(C)C[C@H](NC(=O)Cn1cnc2scc(-c3cccs3)c2c1=O)C(=O)Nc1ccn[nH]1. The van der Waals surface area contributed by atoms with Gasteiger partial charge in [0, 0.05) is 21.9 Å². The van der Waals surface area contributed by atoms with Crippen LogP contribution in [-0.4, -0.2) is 37.6 Å². The van der Waals surface area contributed by atoms with Crippen molar-refractivity contribution in [1.29, 1.82) is 0 Å². The molecule has 0 aliphatic carbocycles. The minimum Gasteiger partial charge on any atom is -0.343 e. The van der Waals surface area contributed by atoms with Gasteiger partial charge in [-0.15, -0.1) is 22.7 Å². The summed E-state index contributed by atoms with van der Waals surface area (Å²) in [5.74, 6) is -0.170. The molecule has 4 aromatic heterocycles. The lowest BCUT2D eigenvalue weighted by Crippen LogP contribution is -2.46. The summed E-state index contributed by atoms with van der Waals surface area (Å²) >= 11 is 2.94. The van der Waals surface area contributed by atoms with E-state index in [0.29, 0.717) is 22.5 Å². The summed E-state index contributed by atoms with van der Waals surface area (Å²) in [6, 6.07) is 4.75. The first-order valence-corrected chi connectivity index (χ1v) is 11.8. The molecule has 0 aliphatic rings. The molecule has 2 amide bonds. The summed E-state index contributed by atoms with van der Waals surface area (Å²) in [5.41, 5.74) is 0.543. The van der Waals surface area contributed by atoms with Gasteiger partial charge in [0.2, 0.25) is 11.8 Å². The maximum absolute atomic E-state index is 13.1. The van der Waals surface area contributed by atoms with E-state index in [9.17, 15) is 14.4 Å². The Morgan fingerprint density at radius 1 is 1.25 bits per heavy atom. The number of anilines is 1. The standard InChI is InChI=1S/C21H22N6O3S2/c1-12(2)8-14(19(29)25-16-5-6-23-26-16)24-17(28)9-27-11-22-20-18(21(27)30)13(10-32-20)15-4-3-7-31-15/h3-7,10-12,14H,8-9H2,1-2H3,(H,24,28)(H2,23,25,26,29)/t14-/m0/s1. The fraction of sp³-hybridized carbons (Fsp3) is 0.286. The summed E-state index contributed by atoms with van der Waals surface area (Å²) in [7, 11) is 0. The summed E-state index contributed by atoms with van der Waals surface area (Å²) in [6.07, 6.45) is 3.35. The molecule has 4 rings (SSSR count). The van der Waals surface area contributed by atoms with E-state index < -0.39 is 11.9 Å². The van der Waals surface area contributed by atoms with Gasteiger partial charge in [0.25, 0.3) is 5.56 Å². The molecule has 0 fully saturated rings. The van der Waals surface area contributed by atoms with Crippen LogP contribution in [0.2, 0.25) is 0 Å². The summed E-state index contributed by atoms with van der Waals surface area (Å²) in [4.78, 5) is 44.5. The lowest BCUT2D eigenvalue weighted by atomic mass is 10.0. The third kappa shape index (κ3) is 4.78. The van der Waals surface area contributed by atoms with E-state index >= 15 is 0 Å². The van der Waals surface area contributed by atoms with Gasteiger partial charge in [-0.3, -0.25) is 24.0 Å². The van der Waals surface area contributed by atoms with Gasteiger partial charge in [0.15, 0.2) is 0 Å². The number of carbonyl (C=O) groups excluding carboxylic acids is 2. The molecule has 0 aliphatic heterocycles. The molecular weight excluding hydrogens is 448 g/mol. The Morgan fingerprint density at radius 3 is 2.78 bits per heavy atom. The lowest BCUT2D eigenvalue weighted by molar-refractivity contribution is -0.127. The molecule has 0 bridgehead atoms. The van der Waals surface area contributed by atoms with Gasteiger partial charge in [0.05, 0.1) is 17.9 Å². The van der Waals surface area contributed by atoms with E-state index in [1.54, 1.807) is 17.4 Å². The average Bonchev–Trinajstić information content (AvgIpc) is 3.50. The second-order valence-corrected chi connectivity index (χ2v) is 9.50. The molecule has 9 nitrogen and oxygen atoms in total. The number of carbonyl (C=O) groups is 2. The number of hydrogen-bond acceptors (Lipinski definition) is 7. The molecule has 0 spiro atoms. The number of thiophene rings is 2. The Labute approximate surface area is 191 Å². The van der Waals surface area contributed by atoms with E-state index in [1.165, 1.54) is 28.4 Å². The Morgan fingerprint density at radius 2 is 2.09 bits per heavy atom. The quantitative estimate of drug-likeness (QED) is 0.365. The molecule has 1 atom stereocenters. The smallest absolute Gasteiger partial charge is 0.263 e. The lowest BCUT2D eigenvalue weighted by Gasteiger charge is -2.20. The van der Waals surface area contributed by atoms with Crippen molar-refractivity contribution in [2.45, 2.75) is 32.9 Å². The van der Waals surface area contributed by atoms with Gasteiger partial charge >= 0.3 is 0 Å². The van der Waals surface area contributed by atoms with Crippen molar-refractivity contribution in [1.82, 2.24) is 25.1 Å². The first-order valence-electron chi connectivity index (χ1n) is 10.0. The molecule has 4 heterocycles. The minimum atomic E-state index is -0.749. The van der Waals surface area contributed by atoms with Crippen molar-refractivity contribution in [2.75, 3.05) is 5.32 Å². The summed E-state index contributed by atoms with van der Waals surface area (Å²) < 4.78 is 1.28. The third-order valence-electron chi connectivity index (χ3n) is 4.78. The van der Waals surface area contributed by atoms with Crippen molar-refractivity contribution >= 4 is 50.5 Å². The largest absolute Gasteiger partial charge is 0.343 e. The average molecular weight is 471 g/mol. The molecule has 0 saturated carbocycles. The molecule has 4 aromatic rings. The van der Waals surface area contributed by atoms with Crippen LogP contribution in [0.15, 0.2) is 46.3 Å². The van der Waals surface area contributed by atoms with Crippen LogP contribution in [0.25, 0.3) is 20.7 Å². The maximum Gasteiger partial charge on any atom is 0.263 e. The zero-order valence-electron chi connectivity index (χ0n) is 17.5. The van der Waals surface area contributed by atoms with Gasteiger partial charge in [-0.25, -0.2) is 4.98 Å². The predicted molar refractivity (Wildman–Crippen MR) is 126 cm³/mol. The maximum atomic E-state index is 13.1. The second-order valence-electron chi connectivity index (χ2n) is 7.69. The molecule has 3 N–H and O–H groups in total. The number of rotatable bonds is 8. The Kier molecular flexibility index (Phi) is 6.47. The molecule has 166 valence electrons. The van der Waals surface area contributed by atoms with Crippen LogP contribution in [0.4, 0.5) is 5.82 Å². The van der Waals surface area contributed by atoms with Crippen molar-refractivity contribution in [3.63, 3.8) is 0 Å². The Bertz CT molecular complexity index is 1270. The molecule has 0 aromatic carbocycles. The number of amides is 2. The van der Waals surface area contributed by atoms with E-state index in [0.717, 1.165) is 10.4 Å². The van der Waals surface area contributed by atoms with Gasteiger partial charge < -0.3 is 10.6 Å². The van der Waals surface area contributed by atoms with Crippen LogP contribution in [0.3, 0.4) is 0 Å². The first-order chi connectivity index (χ1) is 15.4. The zero-order valence-corrected chi connectivity index (χ0v) is 19.1. The van der Waals surface area contributed by atoms with Gasteiger partial charge in [-0.2, -0.15) is 5.10 Å². The van der Waals surface area contributed by atoms with Crippen LogP contribution < -0.4 is 16.2 Å². The van der Waals surface area contributed by atoms with Crippen LogP contribution in [0, 0.1) is 5.92 Å². The number of H-pyrrole nitrogens is 1. The predicted octanol–water partition coefficient (Wildman–Crippen LogP) is 3.08. The molecule has 32 heavy (non-hydrogen) atoms. The minimum absolute atomic E-state index is 0.174. The number of aromatic nitrogens is 4. The number of nitrogens with zero attached hydrogens (tertiary/aromatic N) is 3. The van der Waals surface area contributed by atoms with Crippen LogP contribution in [0.1, 0.15) is 20.3 Å². The molecule has 11 heteroatoms. The van der Waals surface area contributed by atoms with E-state index in [1.807, 2.05) is 36.7 Å². The number of nitrogens with one attached hydrogen (secondary N) is 3. The van der Waals surface area contributed by atoms with Crippen molar-refractivity contribution in [3.05, 3.63) is 51.8 Å². The number of hydrogen-bond donors (Lipinski definition) is 3. The van der Waals surface area contributed by atoms with E-state index in [4.69, 9.17) is 0 Å². The highest BCUT2D eigenvalue weighted by Crippen LogP contribution is 2.33. The molecular formula is C21H22N6O3S2. The first kappa shape index (κ1) is 21.9. The Hall–Kier alpha value is -3.31. The topological polar surface area (TPSA) is 122 Å². The van der Waals surface area contributed by atoms with Crippen LogP contribution >= 0.6 is 22.7 Å². The van der Waals surface area contributed by atoms with Crippen LogP contribution in [-0.2, 0) is 16.1 Å². The fourth-order valence-electron chi connectivity index (χ4n) is 3.34. The summed E-state index contributed by atoms with van der Waals surface area (Å²) in [5, 5.41) is 16.3. The van der Waals surface area contributed by atoms with E-state index in [-0.39, 0.29) is 23.9 Å². The monoisotopic (exact) mass is 470 g/mol. The second kappa shape index (κ2) is 9.45.